The van der Waals surface area contributed by atoms with Crippen LogP contribution >= 0.6 is 0 Å². The van der Waals surface area contributed by atoms with Gasteiger partial charge in [-0.1, -0.05) is 12.1 Å². The number of para-hydroxylation sites is 1. The molecule has 0 radical (unpaired) electrons. The molecule has 0 aliphatic rings. The first-order chi connectivity index (χ1) is 9.67. The second-order valence-corrected chi connectivity index (χ2v) is 3.96. The van der Waals surface area contributed by atoms with Crippen molar-refractivity contribution in [1.29, 1.82) is 0 Å². The quantitative estimate of drug-likeness (QED) is 0.873. The van der Waals surface area contributed by atoms with E-state index in [9.17, 15) is 4.79 Å². The number of nitrogens with zero attached hydrogens (tertiary/aromatic N) is 1. The van der Waals surface area contributed by atoms with Crippen LogP contribution in [0.3, 0.4) is 0 Å². The highest BCUT2D eigenvalue weighted by Gasteiger charge is 2.21. The first-order valence-corrected chi connectivity index (χ1v) is 6.11. The first kappa shape index (κ1) is 14.1. The van der Waals surface area contributed by atoms with Gasteiger partial charge >= 0.3 is 5.97 Å². The van der Waals surface area contributed by atoms with Gasteiger partial charge in [0.1, 0.15) is 11.4 Å². The maximum Gasteiger partial charge on any atom is 0.373 e. The lowest BCUT2D eigenvalue weighted by Gasteiger charge is -2.06. The Kier molecular flexibility index (Phi) is 4.37. The Morgan fingerprint density at radius 1 is 1.40 bits per heavy atom. The first-order valence-electron chi connectivity index (χ1n) is 6.11. The number of carboxylic acid groups (broad SMARTS) is 1. The van der Waals surface area contributed by atoms with E-state index in [1.807, 2.05) is 13.0 Å². The number of benzene rings is 1. The van der Waals surface area contributed by atoms with Crippen LogP contribution in [0, 0.1) is 0 Å². The lowest BCUT2D eigenvalue weighted by Crippen LogP contribution is -2.00. The lowest BCUT2D eigenvalue weighted by atomic mass is 10.2. The summed E-state index contributed by atoms with van der Waals surface area (Å²) in [7, 11) is 1.47. The summed E-state index contributed by atoms with van der Waals surface area (Å²) >= 11 is 0. The topological polar surface area (TPSA) is 81.8 Å². The van der Waals surface area contributed by atoms with Gasteiger partial charge in [-0.05, 0) is 19.1 Å². The summed E-state index contributed by atoms with van der Waals surface area (Å²) < 4.78 is 15.7. The zero-order valence-corrected chi connectivity index (χ0v) is 11.3. The number of aromatic nitrogens is 1. The van der Waals surface area contributed by atoms with Crippen LogP contribution in [-0.4, -0.2) is 29.8 Å². The molecule has 2 aromatic rings. The molecule has 1 aromatic heterocycles. The zero-order chi connectivity index (χ0) is 14.5. The number of aromatic carboxylic acids is 1. The molecule has 0 unspecified atom stereocenters. The van der Waals surface area contributed by atoms with Crippen molar-refractivity contribution in [2.24, 2.45) is 0 Å². The fourth-order valence-electron chi connectivity index (χ4n) is 1.79. The minimum absolute atomic E-state index is 0.0714. The molecule has 6 heteroatoms. The number of carbonyl (C=O) groups is 1. The van der Waals surface area contributed by atoms with Crippen LogP contribution in [0.1, 0.15) is 23.2 Å². The van der Waals surface area contributed by atoms with Crippen molar-refractivity contribution in [3.05, 3.63) is 35.7 Å². The van der Waals surface area contributed by atoms with Crippen LogP contribution in [0.2, 0.25) is 0 Å². The molecular weight excluding hydrogens is 262 g/mol. The van der Waals surface area contributed by atoms with Gasteiger partial charge in [0, 0.05) is 7.11 Å². The predicted molar refractivity (Wildman–Crippen MR) is 70.8 cm³/mol. The molecule has 1 aromatic carbocycles. The van der Waals surface area contributed by atoms with Crippen molar-refractivity contribution >= 4 is 5.97 Å². The van der Waals surface area contributed by atoms with E-state index < -0.39 is 5.97 Å². The third-order valence-electron chi connectivity index (χ3n) is 2.59. The van der Waals surface area contributed by atoms with Crippen molar-refractivity contribution in [2.45, 2.75) is 13.5 Å². The molecule has 0 fully saturated rings. The monoisotopic (exact) mass is 277 g/mol. The number of oxazole rings is 1. The Morgan fingerprint density at radius 2 is 2.15 bits per heavy atom. The van der Waals surface area contributed by atoms with Crippen molar-refractivity contribution in [1.82, 2.24) is 4.98 Å². The summed E-state index contributed by atoms with van der Waals surface area (Å²) in [5.41, 5.74) is 0.862. The van der Waals surface area contributed by atoms with Gasteiger partial charge in [-0.3, -0.25) is 0 Å². The van der Waals surface area contributed by atoms with Gasteiger partial charge in [0.05, 0.1) is 18.8 Å². The van der Waals surface area contributed by atoms with Gasteiger partial charge in [-0.25, -0.2) is 9.78 Å². The third kappa shape index (κ3) is 2.80. The fourth-order valence-corrected chi connectivity index (χ4v) is 1.79. The number of hydrogen-bond acceptors (Lipinski definition) is 5. The van der Waals surface area contributed by atoms with Crippen LogP contribution in [0.5, 0.6) is 5.75 Å². The average molecular weight is 277 g/mol. The van der Waals surface area contributed by atoms with Crippen LogP contribution in [0.25, 0.3) is 11.5 Å². The van der Waals surface area contributed by atoms with Crippen LogP contribution in [0.15, 0.2) is 28.7 Å². The molecule has 0 amide bonds. The summed E-state index contributed by atoms with van der Waals surface area (Å²) in [4.78, 5) is 15.3. The highest BCUT2D eigenvalue weighted by Crippen LogP contribution is 2.30. The van der Waals surface area contributed by atoms with Gasteiger partial charge < -0.3 is 19.0 Å². The molecule has 0 bridgehead atoms. The van der Waals surface area contributed by atoms with E-state index in [0.717, 1.165) is 0 Å². The van der Waals surface area contributed by atoms with E-state index in [1.54, 1.807) is 18.2 Å². The van der Waals surface area contributed by atoms with Crippen molar-refractivity contribution in [2.75, 3.05) is 13.7 Å². The predicted octanol–water partition coefficient (Wildman–Crippen LogP) is 2.58. The summed E-state index contributed by atoms with van der Waals surface area (Å²) in [5, 5.41) is 9.10. The Balaban J connectivity index is 2.47. The van der Waals surface area contributed by atoms with Crippen LogP contribution in [-0.2, 0) is 11.3 Å². The second-order valence-electron chi connectivity index (χ2n) is 3.96. The normalized spacial score (nSPS) is 10.5. The average Bonchev–Trinajstić information content (AvgIpc) is 2.84. The number of ether oxygens (including phenoxy) is 2. The zero-order valence-electron chi connectivity index (χ0n) is 11.3. The molecule has 1 N–H and O–H groups in total. The molecule has 0 saturated heterocycles. The Morgan fingerprint density at radius 3 is 2.80 bits per heavy atom. The molecule has 1 heterocycles. The number of methoxy groups -OCH3 is 1. The molecule has 2 rings (SSSR count). The second kappa shape index (κ2) is 6.21. The van der Waals surface area contributed by atoms with Crippen LogP contribution < -0.4 is 4.74 Å². The van der Waals surface area contributed by atoms with Crippen molar-refractivity contribution < 1.29 is 23.8 Å². The van der Waals surface area contributed by atoms with E-state index in [4.69, 9.17) is 19.0 Å². The molecule has 0 spiro atoms. The minimum Gasteiger partial charge on any atom is -0.493 e. The van der Waals surface area contributed by atoms with E-state index >= 15 is 0 Å². The lowest BCUT2D eigenvalue weighted by molar-refractivity contribution is 0.0656. The molecule has 0 saturated carbocycles. The summed E-state index contributed by atoms with van der Waals surface area (Å²) in [6.45, 7) is 2.43. The largest absolute Gasteiger partial charge is 0.493 e. The van der Waals surface area contributed by atoms with Gasteiger partial charge in [0.25, 0.3) is 0 Å². The third-order valence-corrected chi connectivity index (χ3v) is 2.59. The van der Waals surface area contributed by atoms with Crippen molar-refractivity contribution in [3.8, 4) is 17.2 Å². The number of carboxylic acids is 1. The molecule has 0 atom stereocenters. The highest BCUT2D eigenvalue weighted by molar-refractivity contribution is 5.86. The summed E-state index contributed by atoms with van der Waals surface area (Å²) in [6.07, 6.45) is 0. The van der Waals surface area contributed by atoms with E-state index in [1.165, 1.54) is 7.11 Å². The Hall–Kier alpha value is -2.34. The summed E-state index contributed by atoms with van der Waals surface area (Å²) in [6, 6.07) is 7.17. The fraction of sp³-hybridized carbons (Fsp3) is 0.286. The molecule has 0 aliphatic heterocycles. The molecule has 0 aliphatic carbocycles. The van der Waals surface area contributed by atoms with E-state index in [2.05, 4.69) is 4.98 Å². The maximum absolute atomic E-state index is 11.1. The molecule has 20 heavy (non-hydrogen) atoms. The van der Waals surface area contributed by atoms with Crippen LogP contribution in [0.4, 0.5) is 0 Å². The highest BCUT2D eigenvalue weighted by atomic mass is 16.5. The Bertz CT molecular complexity index is 605. The molecule has 106 valence electrons. The smallest absolute Gasteiger partial charge is 0.373 e. The van der Waals surface area contributed by atoms with Gasteiger partial charge in [-0.2, -0.15) is 0 Å². The van der Waals surface area contributed by atoms with Gasteiger partial charge in [-0.15, -0.1) is 0 Å². The summed E-state index contributed by atoms with van der Waals surface area (Å²) in [5.74, 6) is -0.589. The van der Waals surface area contributed by atoms with Crippen molar-refractivity contribution in [3.63, 3.8) is 0 Å². The van der Waals surface area contributed by atoms with E-state index in [0.29, 0.717) is 17.9 Å². The van der Waals surface area contributed by atoms with Gasteiger partial charge in [0.15, 0.2) is 0 Å². The van der Waals surface area contributed by atoms with Gasteiger partial charge in [0.2, 0.25) is 11.7 Å². The maximum atomic E-state index is 11.1. The SMILES string of the molecule is CCOc1ccccc1-c1nc(COC)c(C(=O)O)o1. The molecule has 6 nitrogen and oxygen atoms in total. The number of hydrogen-bond donors (Lipinski definition) is 1. The molecular formula is C14H15NO5. The standard InChI is InChI=1S/C14H15NO5/c1-3-19-11-7-5-4-6-9(11)13-15-10(8-18-2)12(20-13)14(16)17/h4-7H,3,8H2,1-2H3,(H,16,17). The number of rotatable bonds is 6. The Labute approximate surface area is 116 Å². The van der Waals surface area contributed by atoms with E-state index in [-0.39, 0.29) is 24.0 Å². The minimum atomic E-state index is -1.18.